The lowest BCUT2D eigenvalue weighted by molar-refractivity contribution is 0.0696. The van der Waals surface area contributed by atoms with Gasteiger partial charge >= 0.3 is 5.97 Å². The molecular formula is C14H9F3O2. The summed E-state index contributed by atoms with van der Waals surface area (Å²) >= 11 is 0. The van der Waals surface area contributed by atoms with Gasteiger partial charge in [0.05, 0.1) is 5.56 Å². The van der Waals surface area contributed by atoms with Crippen LogP contribution in [0.25, 0.3) is 11.1 Å². The SMILES string of the molecule is Cc1ccc(-c2cc(C(=O)O)cc(F)c2F)c(F)c1. The van der Waals surface area contributed by atoms with Gasteiger partial charge in [-0.3, -0.25) is 0 Å². The number of benzene rings is 2. The van der Waals surface area contributed by atoms with Gasteiger partial charge in [0.1, 0.15) is 5.82 Å². The minimum atomic E-state index is -1.41. The van der Waals surface area contributed by atoms with Crippen LogP contribution in [0, 0.1) is 24.4 Å². The molecule has 1 N–H and O–H groups in total. The van der Waals surface area contributed by atoms with Crippen LogP contribution in [0.4, 0.5) is 13.2 Å². The van der Waals surface area contributed by atoms with Gasteiger partial charge in [0.25, 0.3) is 0 Å². The molecule has 0 aliphatic carbocycles. The van der Waals surface area contributed by atoms with Crippen molar-refractivity contribution in [3.8, 4) is 11.1 Å². The molecule has 0 heterocycles. The summed E-state index contributed by atoms with van der Waals surface area (Å²) in [6.07, 6.45) is 0. The molecule has 98 valence electrons. The molecule has 0 spiro atoms. The van der Waals surface area contributed by atoms with Gasteiger partial charge in [-0.1, -0.05) is 12.1 Å². The zero-order chi connectivity index (χ0) is 14.2. The molecule has 2 rings (SSSR count). The number of carboxylic acids is 1. The van der Waals surface area contributed by atoms with Crippen molar-refractivity contribution in [3.63, 3.8) is 0 Å². The summed E-state index contributed by atoms with van der Waals surface area (Å²) in [7, 11) is 0. The molecule has 19 heavy (non-hydrogen) atoms. The van der Waals surface area contributed by atoms with Crippen LogP contribution in [0.5, 0.6) is 0 Å². The zero-order valence-corrected chi connectivity index (χ0v) is 9.88. The predicted octanol–water partition coefficient (Wildman–Crippen LogP) is 3.78. The first-order valence-electron chi connectivity index (χ1n) is 5.39. The van der Waals surface area contributed by atoms with Crippen LogP contribution >= 0.6 is 0 Å². The highest BCUT2D eigenvalue weighted by atomic mass is 19.2. The third-order valence-corrected chi connectivity index (χ3v) is 2.69. The van der Waals surface area contributed by atoms with Crippen molar-refractivity contribution in [2.24, 2.45) is 0 Å². The molecule has 0 fully saturated rings. The largest absolute Gasteiger partial charge is 0.478 e. The summed E-state index contributed by atoms with van der Waals surface area (Å²) in [5, 5.41) is 8.80. The Hall–Kier alpha value is -2.30. The summed E-state index contributed by atoms with van der Waals surface area (Å²) in [4.78, 5) is 10.8. The van der Waals surface area contributed by atoms with Crippen molar-refractivity contribution in [2.75, 3.05) is 0 Å². The number of rotatable bonds is 2. The molecule has 0 radical (unpaired) electrons. The molecule has 2 aromatic rings. The van der Waals surface area contributed by atoms with Gasteiger partial charge in [-0.05, 0) is 30.7 Å². The van der Waals surface area contributed by atoms with Crippen molar-refractivity contribution in [1.82, 2.24) is 0 Å². The third kappa shape index (κ3) is 2.45. The molecule has 0 amide bonds. The van der Waals surface area contributed by atoms with Crippen LogP contribution in [0.15, 0.2) is 30.3 Å². The Morgan fingerprint density at radius 2 is 1.68 bits per heavy atom. The fraction of sp³-hybridized carbons (Fsp3) is 0.0714. The average Bonchev–Trinajstić information content (AvgIpc) is 2.33. The minimum Gasteiger partial charge on any atom is -0.478 e. The number of aromatic carboxylic acids is 1. The van der Waals surface area contributed by atoms with Gasteiger partial charge in [0.2, 0.25) is 0 Å². The Balaban J connectivity index is 2.70. The van der Waals surface area contributed by atoms with E-state index in [0.717, 1.165) is 6.07 Å². The smallest absolute Gasteiger partial charge is 0.335 e. The van der Waals surface area contributed by atoms with E-state index in [0.29, 0.717) is 11.6 Å². The Labute approximate surface area is 107 Å². The van der Waals surface area contributed by atoms with Crippen LogP contribution in [-0.4, -0.2) is 11.1 Å². The fourth-order valence-electron chi connectivity index (χ4n) is 1.75. The number of carboxylic acid groups (broad SMARTS) is 1. The van der Waals surface area contributed by atoms with Gasteiger partial charge < -0.3 is 5.11 Å². The van der Waals surface area contributed by atoms with E-state index >= 15 is 0 Å². The van der Waals surface area contributed by atoms with E-state index in [2.05, 4.69) is 0 Å². The van der Waals surface area contributed by atoms with Gasteiger partial charge in [-0.15, -0.1) is 0 Å². The van der Waals surface area contributed by atoms with Crippen LogP contribution in [0.1, 0.15) is 15.9 Å². The lowest BCUT2D eigenvalue weighted by Crippen LogP contribution is -2.01. The normalized spacial score (nSPS) is 10.5. The van der Waals surface area contributed by atoms with Gasteiger partial charge in [-0.2, -0.15) is 0 Å². The van der Waals surface area contributed by atoms with Crippen molar-refractivity contribution in [3.05, 3.63) is 58.9 Å². The van der Waals surface area contributed by atoms with E-state index in [1.54, 1.807) is 6.92 Å². The molecule has 2 aromatic carbocycles. The maximum Gasteiger partial charge on any atom is 0.335 e. The summed E-state index contributed by atoms with van der Waals surface area (Å²) < 4.78 is 40.8. The van der Waals surface area contributed by atoms with Gasteiger partial charge in [0.15, 0.2) is 11.6 Å². The van der Waals surface area contributed by atoms with Gasteiger partial charge in [-0.25, -0.2) is 18.0 Å². The maximum atomic E-state index is 13.7. The fourth-order valence-corrected chi connectivity index (χ4v) is 1.75. The number of halogens is 3. The Kier molecular flexibility index (Phi) is 3.29. The number of hydrogen-bond donors (Lipinski definition) is 1. The highest BCUT2D eigenvalue weighted by molar-refractivity contribution is 5.89. The van der Waals surface area contributed by atoms with E-state index in [-0.39, 0.29) is 5.56 Å². The molecule has 0 saturated carbocycles. The first-order valence-corrected chi connectivity index (χ1v) is 5.39. The molecule has 0 bridgehead atoms. The molecule has 0 aromatic heterocycles. The molecule has 0 unspecified atom stereocenters. The van der Waals surface area contributed by atoms with Crippen molar-refractivity contribution >= 4 is 5.97 Å². The van der Waals surface area contributed by atoms with E-state index in [4.69, 9.17) is 5.11 Å². The minimum absolute atomic E-state index is 0.176. The first kappa shape index (κ1) is 13.1. The molecule has 0 saturated heterocycles. The lowest BCUT2D eigenvalue weighted by Gasteiger charge is -2.08. The molecular weight excluding hydrogens is 257 g/mol. The summed E-state index contributed by atoms with van der Waals surface area (Å²) in [6, 6.07) is 5.46. The molecule has 0 aliphatic rings. The van der Waals surface area contributed by atoms with E-state index in [9.17, 15) is 18.0 Å². The van der Waals surface area contributed by atoms with Gasteiger partial charge in [0, 0.05) is 11.1 Å². The summed E-state index contributed by atoms with van der Waals surface area (Å²) in [6.45, 7) is 1.65. The molecule has 5 heteroatoms. The molecule has 0 aliphatic heterocycles. The van der Waals surface area contributed by atoms with Crippen molar-refractivity contribution in [1.29, 1.82) is 0 Å². The van der Waals surface area contributed by atoms with Crippen LogP contribution in [-0.2, 0) is 0 Å². The monoisotopic (exact) mass is 266 g/mol. The Morgan fingerprint density at radius 3 is 2.26 bits per heavy atom. The summed E-state index contributed by atoms with van der Waals surface area (Å²) in [5.41, 5.74) is -0.398. The number of aryl methyl sites for hydroxylation is 1. The zero-order valence-electron chi connectivity index (χ0n) is 9.88. The third-order valence-electron chi connectivity index (χ3n) is 2.69. The first-order chi connectivity index (χ1) is 8.90. The standard InChI is InChI=1S/C14H9F3O2/c1-7-2-3-9(11(15)4-7)10-5-8(14(18)19)6-12(16)13(10)17/h2-6H,1H3,(H,18,19). The summed E-state index contributed by atoms with van der Waals surface area (Å²) in [5.74, 6) is -4.74. The second kappa shape index (κ2) is 4.76. The lowest BCUT2D eigenvalue weighted by atomic mass is 10.0. The highest BCUT2D eigenvalue weighted by Gasteiger charge is 2.18. The van der Waals surface area contributed by atoms with E-state index in [1.807, 2.05) is 0 Å². The average molecular weight is 266 g/mol. The van der Waals surface area contributed by atoms with E-state index in [1.165, 1.54) is 18.2 Å². The molecule has 2 nitrogen and oxygen atoms in total. The molecule has 0 atom stereocenters. The van der Waals surface area contributed by atoms with Crippen LogP contribution in [0.3, 0.4) is 0 Å². The quantitative estimate of drug-likeness (QED) is 0.898. The van der Waals surface area contributed by atoms with Crippen LogP contribution < -0.4 is 0 Å². The highest BCUT2D eigenvalue weighted by Crippen LogP contribution is 2.29. The second-order valence-electron chi connectivity index (χ2n) is 4.11. The van der Waals surface area contributed by atoms with Crippen LogP contribution in [0.2, 0.25) is 0 Å². The number of hydrogen-bond acceptors (Lipinski definition) is 1. The number of carbonyl (C=O) groups is 1. The van der Waals surface area contributed by atoms with E-state index < -0.39 is 34.5 Å². The van der Waals surface area contributed by atoms with Crippen molar-refractivity contribution < 1.29 is 23.1 Å². The Bertz CT molecular complexity index is 666. The second-order valence-corrected chi connectivity index (χ2v) is 4.11. The topological polar surface area (TPSA) is 37.3 Å². The Morgan fingerprint density at radius 1 is 1.00 bits per heavy atom. The predicted molar refractivity (Wildman–Crippen MR) is 63.4 cm³/mol. The van der Waals surface area contributed by atoms with Crippen molar-refractivity contribution in [2.45, 2.75) is 6.92 Å². The maximum absolute atomic E-state index is 13.7.